The first-order valence-electron chi connectivity index (χ1n) is 11.4. The maximum atomic E-state index is 12.6. The summed E-state index contributed by atoms with van der Waals surface area (Å²) in [6, 6.07) is 14.6. The van der Waals surface area contributed by atoms with Gasteiger partial charge in [-0.2, -0.15) is 4.98 Å². The zero-order valence-electron chi connectivity index (χ0n) is 20.7. The molecule has 0 aliphatic heterocycles. The standard InChI is InChI=1S/C26H31N3O6/c1-17(2)15-34-26(31)29(14-24(30)32-5)19(4)20-10-12-22(13-11-20)33-16-23-27-25(35-28-23)21-8-6-18(3)7-9-21/h6-13,17,19H,14-16H2,1-5H3. The average molecular weight is 482 g/mol. The van der Waals surface area contributed by atoms with E-state index in [4.69, 9.17) is 18.7 Å². The Balaban J connectivity index is 1.62. The summed E-state index contributed by atoms with van der Waals surface area (Å²) in [5, 5.41) is 3.97. The maximum Gasteiger partial charge on any atom is 0.410 e. The Morgan fingerprint density at radius 1 is 1.03 bits per heavy atom. The van der Waals surface area contributed by atoms with Gasteiger partial charge >= 0.3 is 12.1 Å². The van der Waals surface area contributed by atoms with Gasteiger partial charge in [0.05, 0.1) is 19.8 Å². The zero-order chi connectivity index (χ0) is 25.4. The Kier molecular flexibility index (Phi) is 8.83. The first-order valence-corrected chi connectivity index (χ1v) is 11.4. The van der Waals surface area contributed by atoms with Gasteiger partial charge in [-0.05, 0) is 49.6 Å². The molecule has 3 aromatic rings. The minimum Gasteiger partial charge on any atom is -0.485 e. The first kappa shape index (κ1) is 25.7. The van der Waals surface area contributed by atoms with E-state index in [0.29, 0.717) is 17.5 Å². The lowest BCUT2D eigenvalue weighted by atomic mass is 10.1. The van der Waals surface area contributed by atoms with Crippen molar-refractivity contribution < 1.29 is 28.3 Å². The van der Waals surface area contributed by atoms with Gasteiger partial charge in [0.25, 0.3) is 5.89 Å². The number of aromatic nitrogens is 2. The molecule has 1 unspecified atom stereocenters. The summed E-state index contributed by atoms with van der Waals surface area (Å²) >= 11 is 0. The number of hydrogen-bond acceptors (Lipinski definition) is 8. The molecule has 1 aromatic heterocycles. The van der Waals surface area contributed by atoms with Crippen molar-refractivity contribution in [1.82, 2.24) is 15.0 Å². The highest BCUT2D eigenvalue weighted by Crippen LogP contribution is 2.24. The summed E-state index contributed by atoms with van der Waals surface area (Å²) in [7, 11) is 1.28. The number of benzene rings is 2. The Morgan fingerprint density at radius 2 is 1.71 bits per heavy atom. The third-order valence-corrected chi connectivity index (χ3v) is 5.27. The number of nitrogens with zero attached hydrogens (tertiary/aromatic N) is 3. The molecule has 1 atom stereocenters. The van der Waals surface area contributed by atoms with Crippen LogP contribution < -0.4 is 4.74 Å². The number of hydrogen-bond donors (Lipinski definition) is 0. The van der Waals surface area contributed by atoms with E-state index < -0.39 is 18.1 Å². The highest BCUT2D eigenvalue weighted by Gasteiger charge is 2.26. The molecule has 9 nitrogen and oxygen atoms in total. The molecule has 35 heavy (non-hydrogen) atoms. The predicted molar refractivity (Wildman–Crippen MR) is 129 cm³/mol. The second-order valence-corrected chi connectivity index (χ2v) is 8.59. The van der Waals surface area contributed by atoms with E-state index in [1.807, 2.05) is 64.1 Å². The fourth-order valence-corrected chi connectivity index (χ4v) is 3.18. The van der Waals surface area contributed by atoms with E-state index in [9.17, 15) is 9.59 Å². The molecule has 0 saturated carbocycles. The number of carbonyl (C=O) groups excluding carboxylic acids is 2. The van der Waals surface area contributed by atoms with Gasteiger partial charge in [0.1, 0.15) is 12.3 Å². The molecule has 0 spiro atoms. The summed E-state index contributed by atoms with van der Waals surface area (Å²) in [6.45, 7) is 7.90. The second-order valence-electron chi connectivity index (χ2n) is 8.59. The highest BCUT2D eigenvalue weighted by atomic mass is 16.6. The third-order valence-electron chi connectivity index (χ3n) is 5.27. The number of rotatable bonds is 10. The van der Waals surface area contributed by atoms with E-state index >= 15 is 0 Å². The van der Waals surface area contributed by atoms with Crippen LogP contribution in [-0.2, 0) is 20.9 Å². The fraction of sp³-hybridized carbons (Fsp3) is 0.385. The lowest BCUT2D eigenvalue weighted by Crippen LogP contribution is -2.39. The first-order chi connectivity index (χ1) is 16.8. The predicted octanol–water partition coefficient (Wildman–Crippen LogP) is 4.95. The van der Waals surface area contributed by atoms with Crippen LogP contribution in [0.1, 0.15) is 43.8 Å². The Morgan fingerprint density at radius 3 is 2.34 bits per heavy atom. The van der Waals surface area contributed by atoms with E-state index in [2.05, 4.69) is 10.1 Å². The molecule has 3 rings (SSSR count). The van der Waals surface area contributed by atoms with Crippen LogP contribution in [0.5, 0.6) is 5.75 Å². The van der Waals surface area contributed by atoms with Crippen molar-refractivity contribution in [1.29, 1.82) is 0 Å². The second kappa shape index (κ2) is 12.0. The average Bonchev–Trinajstić information content (AvgIpc) is 3.33. The summed E-state index contributed by atoms with van der Waals surface area (Å²) in [6.07, 6.45) is -0.571. The number of aryl methyl sites for hydroxylation is 1. The normalized spacial score (nSPS) is 11.7. The molecule has 186 valence electrons. The summed E-state index contributed by atoms with van der Waals surface area (Å²) < 4.78 is 21.2. The monoisotopic (exact) mass is 481 g/mol. The van der Waals surface area contributed by atoms with Crippen LogP contribution in [0.3, 0.4) is 0 Å². The molecule has 0 aliphatic carbocycles. The van der Waals surface area contributed by atoms with Crippen molar-refractivity contribution in [2.45, 2.75) is 40.3 Å². The highest BCUT2D eigenvalue weighted by molar-refractivity contribution is 5.78. The summed E-state index contributed by atoms with van der Waals surface area (Å²) in [5.41, 5.74) is 2.80. The zero-order valence-corrected chi connectivity index (χ0v) is 20.7. The quantitative estimate of drug-likeness (QED) is 0.375. The van der Waals surface area contributed by atoms with Crippen LogP contribution in [0.4, 0.5) is 4.79 Å². The Hall–Kier alpha value is -3.88. The van der Waals surface area contributed by atoms with Gasteiger partial charge in [-0.25, -0.2) is 4.79 Å². The number of amides is 1. The molecule has 0 radical (unpaired) electrons. The molecular weight excluding hydrogens is 450 g/mol. The van der Waals surface area contributed by atoms with Crippen LogP contribution >= 0.6 is 0 Å². The molecular formula is C26H31N3O6. The van der Waals surface area contributed by atoms with Crippen molar-refractivity contribution in [3.63, 3.8) is 0 Å². The van der Waals surface area contributed by atoms with E-state index in [0.717, 1.165) is 16.7 Å². The molecule has 1 heterocycles. The number of ether oxygens (including phenoxy) is 3. The Bertz CT molecular complexity index is 1110. The van der Waals surface area contributed by atoms with Crippen molar-refractivity contribution in [3.8, 4) is 17.2 Å². The number of esters is 1. The molecule has 0 bridgehead atoms. The molecule has 0 aliphatic rings. The molecule has 9 heteroatoms. The topological polar surface area (TPSA) is 104 Å². The van der Waals surface area contributed by atoms with Crippen LogP contribution in [0.15, 0.2) is 53.1 Å². The van der Waals surface area contributed by atoms with E-state index in [-0.39, 0.29) is 25.7 Å². The van der Waals surface area contributed by atoms with Crippen LogP contribution in [0.25, 0.3) is 11.5 Å². The number of methoxy groups -OCH3 is 1. The SMILES string of the molecule is COC(=O)CN(C(=O)OCC(C)C)C(C)c1ccc(OCc2noc(-c3ccc(C)cc3)n2)cc1. The number of carbonyl (C=O) groups is 2. The minimum absolute atomic E-state index is 0.139. The van der Waals surface area contributed by atoms with Gasteiger partial charge in [-0.15, -0.1) is 0 Å². The fourth-order valence-electron chi connectivity index (χ4n) is 3.18. The van der Waals surface area contributed by atoms with Crippen LogP contribution in [0, 0.1) is 12.8 Å². The van der Waals surface area contributed by atoms with E-state index in [1.165, 1.54) is 12.0 Å². The Labute approximate surface area is 205 Å². The van der Waals surface area contributed by atoms with Gasteiger partial charge in [-0.1, -0.05) is 48.8 Å². The van der Waals surface area contributed by atoms with Gasteiger partial charge in [-0.3, -0.25) is 9.69 Å². The van der Waals surface area contributed by atoms with Gasteiger partial charge in [0.15, 0.2) is 6.61 Å². The minimum atomic E-state index is -0.571. The lowest BCUT2D eigenvalue weighted by molar-refractivity contribution is -0.142. The summed E-state index contributed by atoms with van der Waals surface area (Å²) in [4.78, 5) is 30.2. The van der Waals surface area contributed by atoms with Crippen molar-refractivity contribution >= 4 is 12.1 Å². The van der Waals surface area contributed by atoms with Crippen molar-refractivity contribution in [2.75, 3.05) is 20.3 Å². The molecule has 2 aromatic carbocycles. The van der Waals surface area contributed by atoms with Gasteiger partial charge < -0.3 is 18.7 Å². The molecule has 1 amide bonds. The van der Waals surface area contributed by atoms with Crippen LogP contribution in [-0.4, -0.2) is 47.4 Å². The smallest absolute Gasteiger partial charge is 0.410 e. The van der Waals surface area contributed by atoms with E-state index in [1.54, 1.807) is 12.1 Å². The summed E-state index contributed by atoms with van der Waals surface area (Å²) in [5.74, 6) is 1.11. The van der Waals surface area contributed by atoms with Gasteiger partial charge in [0.2, 0.25) is 5.82 Å². The largest absolute Gasteiger partial charge is 0.485 e. The van der Waals surface area contributed by atoms with Crippen molar-refractivity contribution in [3.05, 3.63) is 65.5 Å². The maximum absolute atomic E-state index is 12.6. The lowest BCUT2D eigenvalue weighted by Gasteiger charge is -2.28. The molecule has 0 saturated heterocycles. The molecule has 0 N–H and O–H groups in total. The van der Waals surface area contributed by atoms with Crippen molar-refractivity contribution in [2.24, 2.45) is 5.92 Å². The third kappa shape index (κ3) is 7.30. The van der Waals surface area contributed by atoms with Gasteiger partial charge in [0, 0.05) is 5.56 Å². The van der Waals surface area contributed by atoms with Crippen LogP contribution in [0.2, 0.25) is 0 Å². The molecule has 0 fully saturated rings.